The summed E-state index contributed by atoms with van der Waals surface area (Å²) >= 11 is 3.83. The summed E-state index contributed by atoms with van der Waals surface area (Å²) in [7, 11) is 1.72. The second-order valence-corrected chi connectivity index (χ2v) is 0. The predicted molar refractivity (Wildman–Crippen MR) is 23.7 cm³/mol. The molecule has 0 aliphatic rings. The molecule has 0 fully saturated rings. The summed E-state index contributed by atoms with van der Waals surface area (Å²) in [6.45, 7) is 0. The average molecular weight is 94.1 g/mol. The third-order valence-corrected chi connectivity index (χ3v) is 0. The minimum Gasteiger partial charge on any atom is -0.279 e. The van der Waals surface area contributed by atoms with Crippen molar-refractivity contribution in [1.29, 1.82) is 0 Å². The van der Waals surface area contributed by atoms with Gasteiger partial charge in [-0.25, -0.2) is 0 Å². The van der Waals surface area contributed by atoms with Crippen LogP contribution in [0.15, 0.2) is 0 Å². The molecule has 0 saturated carbocycles. The van der Waals surface area contributed by atoms with Gasteiger partial charge in [0.15, 0.2) is 0 Å². The van der Waals surface area contributed by atoms with Gasteiger partial charge in [0.2, 0.25) is 0 Å². The monoisotopic (exact) mass is 94.0 g/mol. The van der Waals surface area contributed by atoms with Gasteiger partial charge in [0.05, 0.1) is 0 Å². The first kappa shape index (κ1) is 8.89. The smallest absolute Gasteiger partial charge is 0.138 e. The number of hydrogen-bond acceptors (Lipinski definition) is 2. The minimum absolute atomic E-state index is 1.72. The van der Waals surface area contributed by atoms with Crippen LogP contribution in [0.2, 0.25) is 0 Å². The van der Waals surface area contributed by atoms with Crippen LogP contribution in [0.5, 0.6) is 0 Å². The van der Waals surface area contributed by atoms with Crippen molar-refractivity contribution in [1.82, 2.24) is 0 Å². The summed E-state index contributed by atoms with van der Waals surface area (Å²) in [4.78, 5) is 0. The van der Waals surface area contributed by atoms with Crippen LogP contribution in [-0.2, 0) is 4.57 Å². The topological polar surface area (TPSA) is 17.1 Å². The fourth-order valence-corrected chi connectivity index (χ4v) is 0. The van der Waals surface area contributed by atoms with Crippen LogP contribution in [0.4, 0.5) is 0 Å². The summed E-state index contributed by atoms with van der Waals surface area (Å²) in [5, 5.41) is 0. The highest BCUT2D eigenvalue weighted by Crippen LogP contribution is 1.23. The van der Waals surface area contributed by atoms with Crippen LogP contribution in [0.1, 0.15) is 0 Å². The summed E-state index contributed by atoms with van der Waals surface area (Å²) in [6, 6.07) is 0. The van der Waals surface area contributed by atoms with Crippen molar-refractivity contribution in [3.05, 3.63) is 0 Å². The maximum atomic E-state index is 8.06. The summed E-state index contributed by atoms with van der Waals surface area (Å²) in [6.07, 6.45) is 0. The molecule has 0 bridgehead atoms. The third kappa shape index (κ3) is 85.9. The highest BCUT2D eigenvalue weighted by Gasteiger charge is 0.667. The Hall–Kier alpha value is 0.190. The minimum atomic E-state index is 1.72. The Bertz CT molecular complexity index is 10.0. The molecule has 0 aliphatic heterocycles. The molecule has 0 rings (SSSR count). The van der Waals surface area contributed by atoms with E-state index in [4.69, 9.17) is 4.57 Å². The Morgan fingerprint density at radius 2 is 1.50 bits per heavy atom. The molecule has 0 amide bonds. The fraction of sp³-hybridized carbons (Fsp3) is 0. The Labute approximate surface area is 32.6 Å². The summed E-state index contributed by atoms with van der Waals surface area (Å²) in [5.74, 6) is 2.83. The molecule has 0 unspecified atom stereocenters. The molecule has 0 atom stereocenters. The van der Waals surface area contributed by atoms with Gasteiger partial charge in [-0.05, 0) is 5.87 Å². The van der Waals surface area contributed by atoms with Gasteiger partial charge in [-0.15, -0.1) is 0 Å². The molecule has 1 nitrogen and oxygen atoms in total. The van der Waals surface area contributed by atoms with E-state index in [1.165, 1.54) is 0 Å². The molecule has 0 aromatic carbocycles. The predicted octanol–water partition coefficient (Wildman–Crippen LogP) is 1.09. The fourth-order valence-electron chi connectivity index (χ4n) is 0. The molecule has 0 aliphatic carbocycles. The average Bonchev–Trinajstić information content (AvgIpc) is 1.50. The van der Waals surface area contributed by atoms with E-state index < -0.39 is 0 Å². The van der Waals surface area contributed by atoms with Crippen LogP contribution in [0, 0.1) is 0 Å². The Morgan fingerprint density at radius 1 is 1.50 bits per heavy atom. The van der Waals surface area contributed by atoms with Crippen molar-refractivity contribution in [3.63, 3.8) is 0 Å². The zero-order chi connectivity index (χ0) is 4.00. The first-order valence-electron chi connectivity index (χ1n) is 0.493. The van der Waals surface area contributed by atoms with Crippen molar-refractivity contribution < 1.29 is 4.57 Å². The number of rotatable bonds is 0. The van der Waals surface area contributed by atoms with Crippen molar-refractivity contribution in [2.75, 3.05) is 0 Å². The van der Waals surface area contributed by atoms with Gasteiger partial charge in [-0.1, -0.05) is 12.2 Å². The molecule has 0 aromatic heterocycles. The van der Waals surface area contributed by atoms with Gasteiger partial charge in [-0.3, -0.25) is 4.57 Å². The van der Waals surface area contributed by atoms with Crippen molar-refractivity contribution in [2.24, 2.45) is 0 Å². The number of thiocarbonyl (C=S) groups is 1. The Balaban J connectivity index is 0. The van der Waals surface area contributed by atoms with Crippen molar-refractivity contribution >= 4 is 27.2 Å². The third-order valence-electron chi connectivity index (χ3n) is 0. The zero-order valence-electron chi connectivity index (χ0n) is 2.02. The Morgan fingerprint density at radius 3 is 1.50 bits per heavy atom. The number of hydrogen-bond donors (Lipinski definition) is 0. The van der Waals surface area contributed by atoms with Crippen molar-refractivity contribution in [2.45, 2.75) is 0 Å². The molecular formula is CH3OPS. The van der Waals surface area contributed by atoms with Gasteiger partial charge in [0, 0.05) is 0 Å². The molecule has 0 aromatic rings. The lowest BCUT2D eigenvalue weighted by Crippen LogP contribution is -0.660. The highest BCUT2D eigenvalue weighted by atomic mass is 32.1. The van der Waals surface area contributed by atoms with Gasteiger partial charge in [0.25, 0.3) is 0 Å². The molecule has 3 heteroatoms. The largest absolute Gasteiger partial charge is 0.279 e. The lowest BCUT2D eigenvalue weighted by Gasteiger charge is -0.807. The van der Waals surface area contributed by atoms with Crippen LogP contribution < -0.4 is 0 Å². The normalized spacial score (nSPS) is 2.00. The molecule has 4 heavy (non-hydrogen) atoms. The summed E-state index contributed by atoms with van der Waals surface area (Å²) in [5.41, 5.74) is 0. The van der Waals surface area contributed by atoms with Crippen molar-refractivity contribution in [3.8, 4) is 0 Å². The van der Waals surface area contributed by atoms with E-state index in [1.54, 1.807) is 9.12 Å². The zero-order valence-corrected chi connectivity index (χ0v) is 3.84. The van der Waals surface area contributed by atoms with Gasteiger partial charge < -0.3 is 0 Å². The molecule has 0 saturated heterocycles. The van der Waals surface area contributed by atoms with E-state index in [2.05, 4.69) is 18.1 Å². The molecule has 0 N–H and O–H groups in total. The van der Waals surface area contributed by atoms with Crippen LogP contribution in [0.3, 0.4) is 0 Å². The SMILES string of the molecule is C=S.O=P. The molecular weight excluding hydrogens is 91.1 g/mol. The lowest BCUT2D eigenvalue weighted by molar-refractivity contribution is 0.607. The van der Waals surface area contributed by atoms with Crippen LogP contribution >= 0.6 is 21.3 Å². The van der Waals surface area contributed by atoms with E-state index in [0.29, 0.717) is 0 Å². The Kier molecular flexibility index (Phi) is 942. The quantitative estimate of drug-likeness (QED) is 0.330. The molecule has 24 valence electrons. The first-order chi connectivity index (χ1) is 2.00. The van der Waals surface area contributed by atoms with E-state index in [0.717, 1.165) is 0 Å². The van der Waals surface area contributed by atoms with E-state index in [9.17, 15) is 0 Å². The second kappa shape index (κ2) is 424. The molecule has 0 heterocycles. The standard InChI is InChI=1S/CH2S.HOP/c2*1-2/h1H2;2H. The molecule has 0 spiro atoms. The van der Waals surface area contributed by atoms with E-state index in [-0.39, 0.29) is 0 Å². The summed E-state index contributed by atoms with van der Waals surface area (Å²) < 4.78 is 8.06. The maximum Gasteiger partial charge on any atom is 0.138 e. The lowest BCUT2D eigenvalue weighted by atomic mass is 12.0. The van der Waals surface area contributed by atoms with Gasteiger partial charge in [0.1, 0.15) is 9.12 Å². The first-order valence-corrected chi connectivity index (χ1v) is 1.48. The highest BCUT2D eigenvalue weighted by molar-refractivity contribution is 7.77. The maximum absolute atomic E-state index is 8.06. The van der Waals surface area contributed by atoms with Crippen LogP contribution in [-0.4, -0.2) is 5.87 Å². The second-order valence-electron chi connectivity index (χ2n) is 0. The van der Waals surface area contributed by atoms with Crippen LogP contribution in [0.25, 0.3) is 0 Å². The molecule has 0 radical (unpaired) electrons. The van der Waals surface area contributed by atoms with Gasteiger partial charge >= 0.3 is 0 Å². The van der Waals surface area contributed by atoms with E-state index in [1.807, 2.05) is 0 Å². The van der Waals surface area contributed by atoms with E-state index >= 15 is 0 Å². The van der Waals surface area contributed by atoms with Gasteiger partial charge in [-0.2, -0.15) is 0 Å².